The Kier molecular flexibility index (Phi) is 8.09. The number of carbonyl (C=O) groups is 1. The van der Waals surface area contributed by atoms with Gasteiger partial charge in [-0.1, -0.05) is 57.0 Å². The molecule has 246 valence electrons. The molecule has 0 aliphatic carbocycles. The van der Waals surface area contributed by atoms with Crippen molar-refractivity contribution < 1.29 is 9.53 Å². The molecule has 0 unspecified atom stereocenters. The summed E-state index contributed by atoms with van der Waals surface area (Å²) in [7, 11) is 0. The molecule has 1 aromatic carbocycles. The molecule has 2 fully saturated rings. The van der Waals surface area contributed by atoms with Gasteiger partial charge in [-0.15, -0.1) is 0 Å². The number of likely N-dealkylation sites (tertiary alicyclic amines) is 1. The first-order valence-electron chi connectivity index (χ1n) is 17.2. The zero-order chi connectivity index (χ0) is 32.6. The van der Waals surface area contributed by atoms with Crippen LogP contribution in [0.1, 0.15) is 55.5 Å². The number of rotatable bonds is 6. The van der Waals surface area contributed by atoms with Crippen LogP contribution in [0, 0.1) is 11.8 Å². The van der Waals surface area contributed by atoms with Crippen molar-refractivity contribution >= 4 is 39.5 Å². The number of hydrogen-bond acceptors (Lipinski definition) is 5. The van der Waals surface area contributed by atoms with Gasteiger partial charge >= 0.3 is 6.09 Å². The molecule has 0 spiro atoms. The Morgan fingerprint density at radius 2 is 1.38 bits per heavy atom. The third kappa shape index (κ3) is 5.39. The van der Waals surface area contributed by atoms with Crippen molar-refractivity contribution in [3.8, 4) is 0 Å². The summed E-state index contributed by atoms with van der Waals surface area (Å²) in [5.41, 5.74) is 10.1. The topological polar surface area (TPSA) is 108 Å². The molecular formula is C38H42N8O2. The van der Waals surface area contributed by atoms with Gasteiger partial charge in [0.15, 0.2) is 0 Å². The van der Waals surface area contributed by atoms with E-state index in [0.29, 0.717) is 37.5 Å². The normalized spacial score (nSPS) is 21.0. The van der Waals surface area contributed by atoms with E-state index < -0.39 is 0 Å². The lowest BCUT2D eigenvalue weighted by molar-refractivity contribution is 0.103. The molecule has 2 saturated heterocycles. The standard InChI is InChI=1S/C23H24N4O2.C15H18N4/c1-2-17-13-26(23(28)29-15-16-6-4-3-5-7-16)14-18(17)21-12-25-22-9-8-19-20(27(21)22)10-11-24-19;1-2-10-7-16-8-11(10)14-9-18-15-4-3-12-13(19(14)15)5-6-17-12/h3-12,17-18,24H,2,13-15H2,1H3;3-6,9-11,16-17H,2,7-8H2,1H3/t17-,18+;10-,11+/m11/s1. The highest BCUT2D eigenvalue weighted by atomic mass is 16.6. The maximum atomic E-state index is 12.7. The predicted octanol–water partition coefficient (Wildman–Crippen LogP) is 7.11. The molecule has 0 saturated carbocycles. The van der Waals surface area contributed by atoms with Crippen molar-refractivity contribution in [2.75, 3.05) is 26.2 Å². The Morgan fingerprint density at radius 3 is 2.00 bits per heavy atom. The van der Waals surface area contributed by atoms with E-state index >= 15 is 0 Å². The van der Waals surface area contributed by atoms with Crippen molar-refractivity contribution in [1.82, 2.24) is 39.0 Å². The van der Waals surface area contributed by atoms with Crippen LogP contribution in [-0.4, -0.2) is 65.9 Å². The number of nitrogens with one attached hydrogen (secondary N) is 3. The van der Waals surface area contributed by atoms with Gasteiger partial charge in [0.1, 0.15) is 17.9 Å². The summed E-state index contributed by atoms with van der Waals surface area (Å²) in [5, 5.41) is 3.52. The fraction of sp³-hybridized carbons (Fsp3) is 0.342. The third-order valence-corrected chi connectivity index (χ3v) is 10.5. The Labute approximate surface area is 279 Å². The number of aromatic amines is 2. The molecule has 8 heterocycles. The Hall–Kier alpha value is -5.09. The fourth-order valence-electron chi connectivity index (χ4n) is 7.85. The molecule has 9 rings (SSSR count). The van der Waals surface area contributed by atoms with E-state index in [1.54, 1.807) is 0 Å². The first kappa shape index (κ1) is 30.3. The zero-order valence-corrected chi connectivity index (χ0v) is 27.5. The van der Waals surface area contributed by atoms with E-state index in [1.165, 1.54) is 23.1 Å². The SMILES string of the molecule is CC[C@@H]1CN(C(=O)OCc2ccccc2)C[C@@H]1c1cnc2ccc3[nH]ccc3n12.CC[C@@H]1CNC[C@@H]1c1cnc2ccc3[nH]ccc3n12. The molecule has 0 radical (unpaired) electrons. The maximum absolute atomic E-state index is 12.7. The smallest absolute Gasteiger partial charge is 0.410 e. The average Bonchev–Trinajstić information content (AvgIpc) is 3.97. The summed E-state index contributed by atoms with van der Waals surface area (Å²) >= 11 is 0. The van der Waals surface area contributed by atoms with Crippen LogP contribution in [0.5, 0.6) is 0 Å². The van der Waals surface area contributed by atoms with Crippen molar-refractivity contribution in [3.05, 3.63) is 108 Å². The van der Waals surface area contributed by atoms with Crippen LogP contribution >= 0.6 is 0 Å². The lowest BCUT2D eigenvalue weighted by Gasteiger charge is -2.17. The molecule has 0 bridgehead atoms. The number of amides is 1. The third-order valence-electron chi connectivity index (χ3n) is 10.5. The number of H-pyrrole nitrogens is 2. The first-order valence-corrected chi connectivity index (χ1v) is 17.2. The number of pyridine rings is 2. The van der Waals surface area contributed by atoms with Crippen LogP contribution in [0.25, 0.3) is 33.4 Å². The van der Waals surface area contributed by atoms with E-state index in [0.717, 1.165) is 53.1 Å². The predicted molar refractivity (Wildman–Crippen MR) is 188 cm³/mol. The van der Waals surface area contributed by atoms with Crippen molar-refractivity contribution in [2.24, 2.45) is 11.8 Å². The van der Waals surface area contributed by atoms with E-state index in [4.69, 9.17) is 4.74 Å². The molecule has 1 amide bonds. The minimum absolute atomic E-state index is 0.236. The molecule has 48 heavy (non-hydrogen) atoms. The van der Waals surface area contributed by atoms with Crippen LogP contribution in [0.15, 0.2) is 91.5 Å². The second-order valence-corrected chi connectivity index (χ2v) is 13.1. The second kappa shape index (κ2) is 12.8. The number of imidazole rings is 2. The van der Waals surface area contributed by atoms with Crippen LogP contribution in [0.2, 0.25) is 0 Å². The first-order chi connectivity index (χ1) is 23.6. The highest BCUT2D eigenvalue weighted by Crippen LogP contribution is 2.36. The largest absolute Gasteiger partial charge is 0.445 e. The van der Waals surface area contributed by atoms with Gasteiger partial charge in [-0.25, -0.2) is 14.8 Å². The highest BCUT2D eigenvalue weighted by molar-refractivity contribution is 5.80. The lowest BCUT2D eigenvalue weighted by Crippen LogP contribution is -2.29. The molecule has 2 aliphatic rings. The number of hydrogen-bond donors (Lipinski definition) is 3. The molecule has 10 nitrogen and oxygen atoms in total. The second-order valence-electron chi connectivity index (χ2n) is 13.1. The van der Waals surface area contributed by atoms with Crippen LogP contribution in [-0.2, 0) is 11.3 Å². The summed E-state index contributed by atoms with van der Waals surface area (Å²) in [6.45, 7) is 8.32. The maximum Gasteiger partial charge on any atom is 0.410 e. The van der Waals surface area contributed by atoms with E-state index in [9.17, 15) is 4.79 Å². The summed E-state index contributed by atoms with van der Waals surface area (Å²) < 4.78 is 10.1. The zero-order valence-electron chi connectivity index (χ0n) is 27.5. The monoisotopic (exact) mass is 642 g/mol. The Bertz CT molecular complexity index is 2180. The van der Waals surface area contributed by atoms with Gasteiger partial charge < -0.3 is 24.9 Å². The van der Waals surface area contributed by atoms with Gasteiger partial charge in [0.2, 0.25) is 0 Å². The number of benzene rings is 1. The number of fused-ring (bicyclic) bond motifs is 6. The van der Waals surface area contributed by atoms with E-state index in [-0.39, 0.29) is 12.0 Å². The van der Waals surface area contributed by atoms with Crippen LogP contribution < -0.4 is 5.32 Å². The lowest BCUT2D eigenvalue weighted by atomic mass is 9.91. The van der Waals surface area contributed by atoms with Gasteiger partial charge in [-0.05, 0) is 60.3 Å². The minimum atomic E-state index is -0.240. The summed E-state index contributed by atoms with van der Waals surface area (Å²) in [6.07, 6.45) is 9.95. The molecule has 2 aliphatic heterocycles. The molecular weight excluding hydrogens is 600 g/mol. The molecule has 3 N–H and O–H groups in total. The molecule has 6 aromatic heterocycles. The van der Waals surface area contributed by atoms with Gasteiger partial charge in [0, 0.05) is 67.6 Å². The summed E-state index contributed by atoms with van der Waals surface area (Å²) in [4.78, 5) is 30.3. The van der Waals surface area contributed by atoms with Gasteiger partial charge in [-0.2, -0.15) is 0 Å². The quantitative estimate of drug-likeness (QED) is 0.179. The number of aromatic nitrogens is 6. The van der Waals surface area contributed by atoms with Crippen molar-refractivity contribution in [2.45, 2.75) is 45.1 Å². The summed E-state index contributed by atoms with van der Waals surface area (Å²) in [6, 6.07) is 22.3. The average molecular weight is 643 g/mol. The van der Waals surface area contributed by atoms with Gasteiger partial charge in [-0.3, -0.25) is 8.80 Å². The van der Waals surface area contributed by atoms with Crippen LogP contribution in [0.3, 0.4) is 0 Å². The minimum Gasteiger partial charge on any atom is -0.445 e. The fourth-order valence-corrected chi connectivity index (χ4v) is 7.85. The molecule has 10 heteroatoms. The Morgan fingerprint density at radius 1 is 0.750 bits per heavy atom. The van der Waals surface area contributed by atoms with Crippen molar-refractivity contribution in [1.29, 1.82) is 0 Å². The number of nitrogens with zero attached hydrogens (tertiary/aromatic N) is 5. The van der Waals surface area contributed by atoms with Crippen LogP contribution in [0.4, 0.5) is 4.79 Å². The van der Waals surface area contributed by atoms with Crippen molar-refractivity contribution in [3.63, 3.8) is 0 Å². The van der Waals surface area contributed by atoms with Gasteiger partial charge in [0.05, 0.1) is 22.1 Å². The van der Waals surface area contributed by atoms with E-state index in [1.807, 2.05) is 59.9 Å². The number of ether oxygens (including phenoxy) is 1. The molecule has 7 aromatic rings. The van der Waals surface area contributed by atoms with Gasteiger partial charge in [0.25, 0.3) is 0 Å². The highest BCUT2D eigenvalue weighted by Gasteiger charge is 2.37. The summed E-state index contributed by atoms with van der Waals surface area (Å²) in [5.74, 6) is 1.91. The Balaban J connectivity index is 0.000000153. The van der Waals surface area contributed by atoms with E-state index in [2.05, 4.69) is 84.4 Å². The number of carbonyl (C=O) groups excluding carboxylic acids is 1. The molecule has 4 atom stereocenters.